The first-order valence-corrected chi connectivity index (χ1v) is 16.0. The van der Waals surface area contributed by atoms with E-state index in [0.717, 1.165) is 47.0 Å². The molecule has 8 heteroatoms. The number of nitrogens with one attached hydrogen (secondary N) is 2. The molecular formula is C36H35ClN4O2S. The summed E-state index contributed by atoms with van der Waals surface area (Å²) in [6.45, 7) is 7.04. The van der Waals surface area contributed by atoms with Gasteiger partial charge in [0.2, 0.25) is 5.91 Å². The highest BCUT2D eigenvalue weighted by atomic mass is 35.5. The monoisotopic (exact) mass is 622 g/mol. The number of fused-ring (bicyclic) bond motifs is 2. The van der Waals surface area contributed by atoms with Gasteiger partial charge in [-0.3, -0.25) is 9.59 Å². The molecule has 0 radical (unpaired) electrons. The van der Waals surface area contributed by atoms with Gasteiger partial charge >= 0.3 is 0 Å². The van der Waals surface area contributed by atoms with Crippen LogP contribution >= 0.6 is 22.9 Å². The Morgan fingerprint density at radius 2 is 1.68 bits per heavy atom. The summed E-state index contributed by atoms with van der Waals surface area (Å²) in [5.74, 6) is 0.268. The van der Waals surface area contributed by atoms with Gasteiger partial charge in [0.1, 0.15) is 11.5 Å². The maximum absolute atomic E-state index is 13.8. The van der Waals surface area contributed by atoms with Gasteiger partial charge in [-0.1, -0.05) is 68.8 Å². The minimum Gasteiger partial charge on any atom is -0.337 e. The van der Waals surface area contributed by atoms with Crippen molar-refractivity contribution in [3.05, 3.63) is 112 Å². The molecule has 0 saturated carbocycles. The van der Waals surface area contributed by atoms with Gasteiger partial charge in [0.05, 0.1) is 5.56 Å². The number of amides is 2. The summed E-state index contributed by atoms with van der Waals surface area (Å²) in [5, 5.41) is 8.34. The van der Waals surface area contributed by atoms with E-state index in [4.69, 9.17) is 16.6 Å². The van der Waals surface area contributed by atoms with E-state index >= 15 is 0 Å². The Balaban J connectivity index is 1.33. The van der Waals surface area contributed by atoms with E-state index < -0.39 is 0 Å². The summed E-state index contributed by atoms with van der Waals surface area (Å²) in [5.41, 5.74) is 5.21. The van der Waals surface area contributed by atoms with Gasteiger partial charge in [-0.2, -0.15) is 0 Å². The second kappa shape index (κ2) is 12.4. The molecule has 3 aromatic carbocycles. The first kappa shape index (κ1) is 29.9. The van der Waals surface area contributed by atoms with Gasteiger partial charge in [-0.05, 0) is 78.6 Å². The fourth-order valence-corrected chi connectivity index (χ4v) is 7.27. The van der Waals surface area contributed by atoms with Crippen molar-refractivity contribution in [2.75, 3.05) is 10.6 Å². The smallest absolute Gasteiger partial charge is 0.259 e. The summed E-state index contributed by atoms with van der Waals surface area (Å²) < 4.78 is 1.94. The molecule has 5 aromatic rings. The van der Waals surface area contributed by atoms with Gasteiger partial charge in [-0.25, -0.2) is 4.99 Å². The van der Waals surface area contributed by atoms with Crippen LogP contribution in [0.25, 0.3) is 10.9 Å². The number of hydrogen-bond acceptors (Lipinski definition) is 4. The summed E-state index contributed by atoms with van der Waals surface area (Å²) in [6, 6.07) is 24.6. The number of rotatable bonds is 7. The van der Waals surface area contributed by atoms with Crippen molar-refractivity contribution >= 4 is 68.2 Å². The maximum Gasteiger partial charge on any atom is 0.259 e. The fourth-order valence-electron chi connectivity index (χ4n) is 5.88. The summed E-state index contributed by atoms with van der Waals surface area (Å²) in [7, 11) is 0. The van der Waals surface area contributed by atoms with E-state index in [2.05, 4.69) is 31.4 Å². The SMILES string of the molecule is CC(C)(C)[C@@H]1CCc2c(sc(N=Cc3cn(CC(=O)Nc4ccccc4)c4ccccc34)c2C(=O)Nc2ccc(Cl)cc2)C1. The number of benzene rings is 3. The van der Waals surface area contributed by atoms with Crippen molar-refractivity contribution in [2.45, 2.75) is 46.6 Å². The van der Waals surface area contributed by atoms with Crippen molar-refractivity contribution in [1.82, 2.24) is 4.57 Å². The molecule has 0 spiro atoms. The lowest BCUT2D eigenvalue weighted by Crippen LogP contribution is -2.27. The van der Waals surface area contributed by atoms with Crippen LogP contribution in [0.5, 0.6) is 0 Å². The Labute approximate surface area is 266 Å². The van der Waals surface area contributed by atoms with Crippen molar-refractivity contribution in [3.8, 4) is 0 Å². The van der Waals surface area contributed by atoms with Gasteiger partial charge in [0.25, 0.3) is 5.91 Å². The Morgan fingerprint density at radius 3 is 2.43 bits per heavy atom. The Hall–Kier alpha value is -4.20. The predicted molar refractivity (Wildman–Crippen MR) is 183 cm³/mol. The average Bonchev–Trinajstić information content (AvgIpc) is 3.54. The normalized spacial score (nSPS) is 15.0. The molecule has 224 valence electrons. The van der Waals surface area contributed by atoms with Crippen LogP contribution in [0, 0.1) is 11.3 Å². The van der Waals surface area contributed by atoms with Crippen LogP contribution in [-0.2, 0) is 24.2 Å². The lowest BCUT2D eigenvalue weighted by atomic mass is 9.72. The van der Waals surface area contributed by atoms with Crippen LogP contribution < -0.4 is 10.6 Å². The van der Waals surface area contributed by atoms with Gasteiger partial charge in [0, 0.05) is 50.2 Å². The number of aromatic nitrogens is 1. The number of aliphatic imine (C=N–C) groups is 1. The van der Waals surface area contributed by atoms with Crippen LogP contribution in [0.15, 0.2) is 90.1 Å². The molecule has 6 rings (SSSR count). The molecule has 2 amide bonds. The van der Waals surface area contributed by atoms with E-state index in [0.29, 0.717) is 27.2 Å². The van der Waals surface area contributed by atoms with Crippen molar-refractivity contribution in [2.24, 2.45) is 16.3 Å². The molecule has 2 N–H and O–H groups in total. The number of hydrogen-bond donors (Lipinski definition) is 2. The number of halogens is 1. The third-order valence-corrected chi connectivity index (χ3v) is 9.73. The number of anilines is 2. The maximum atomic E-state index is 13.8. The van der Waals surface area contributed by atoms with Crippen LogP contribution in [0.1, 0.15) is 53.6 Å². The summed E-state index contributed by atoms with van der Waals surface area (Å²) >= 11 is 7.69. The average molecular weight is 623 g/mol. The molecule has 44 heavy (non-hydrogen) atoms. The lowest BCUT2D eigenvalue weighted by molar-refractivity contribution is -0.116. The highest BCUT2D eigenvalue weighted by Gasteiger charge is 2.33. The number of para-hydroxylation sites is 2. The molecular weight excluding hydrogens is 588 g/mol. The van der Waals surface area contributed by atoms with Crippen LogP contribution in [0.2, 0.25) is 5.02 Å². The second-order valence-electron chi connectivity index (χ2n) is 12.4. The third kappa shape index (κ3) is 6.49. The summed E-state index contributed by atoms with van der Waals surface area (Å²) in [4.78, 5) is 32.9. The zero-order chi connectivity index (χ0) is 30.8. The minimum atomic E-state index is -0.161. The van der Waals surface area contributed by atoms with Crippen molar-refractivity contribution in [3.63, 3.8) is 0 Å². The van der Waals surface area contributed by atoms with Gasteiger partial charge < -0.3 is 15.2 Å². The van der Waals surface area contributed by atoms with Gasteiger partial charge in [-0.15, -0.1) is 11.3 Å². The topological polar surface area (TPSA) is 75.5 Å². The second-order valence-corrected chi connectivity index (χ2v) is 13.9. The standard InChI is InChI=1S/C36H35ClN4O2S/c1-36(2,3)24-13-18-29-31(19-24)44-35(33(29)34(43)40-27-16-14-25(37)15-17-27)38-20-23-21-41(30-12-8-7-11-28(23)30)22-32(42)39-26-9-5-4-6-10-26/h4-12,14-17,20-21,24H,13,18-19,22H2,1-3H3,(H,39,42)(H,40,43)/t24-/m1/s1. The molecule has 0 fully saturated rings. The van der Waals surface area contributed by atoms with Crippen molar-refractivity contribution < 1.29 is 9.59 Å². The van der Waals surface area contributed by atoms with Crippen molar-refractivity contribution in [1.29, 1.82) is 0 Å². The molecule has 2 aromatic heterocycles. The first-order chi connectivity index (χ1) is 21.2. The van der Waals surface area contributed by atoms with E-state index in [1.165, 1.54) is 4.88 Å². The number of nitrogens with zero attached hydrogens (tertiary/aromatic N) is 2. The Bertz CT molecular complexity index is 1850. The molecule has 1 aliphatic rings. The van der Waals surface area contributed by atoms with Gasteiger partial charge in [0.15, 0.2) is 0 Å². The molecule has 0 saturated heterocycles. The van der Waals surface area contributed by atoms with Crippen LogP contribution in [0.3, 0.4) is 0 Å². The molecule has 0 bridgehead atoms. The van der Waals surface area contributed by atoms with Crippen LogP contribution in [-0.4, -0.2) is 22.6 Å². The van der Waals surface area contributed by atoms with E-state index in [9.17, 15) is 9.59 Å². The highest BCUT2D eigenvalue weighted by Crippen LogP contribution is 2.45. The highest BCUT2D eigenvalue weighted by molar-refractivity contribution is 7.16. The molecule has 0 unspecified atom stereocenters. The molecule has 2 heterocycles. The Kier molecular flexibility index (Phi) is 8.43. The number of carbonyl (C=O) groups is 2. The van der Waals surface area contributed by atoms with Crippen LogP contribution in [0.4, 0.5) is 16.4 Å². The molecule has 6 nitrogen and oxygen atoms in total. The minimum absolute atomic E-state index is 0.110. The lowest BCUT2D eigenvalue weighted by Gasteiger charge is -2.33. The zero-order valence-electron chi connectivity index (χ0n) is 25.1. The largest absolute Gasteiger partial charge is 0.337 e. The van der Waals surface area contributed by atoms with E-state index in [1.54, 1.807) is 35.6 Å². The fraction of sp³-hybridized carbons (Fsp3) is 0.250. The Morgan fingerprint density at radius 1 is 0.977 bits per heavy atom. The first-order valence-electron chi connectivity index (χ1n) is 14.8. The number of thiophene rings is 1. The zero-order valence-corrected chi connectivity index (χ0v) is 26.6. The molecule has 1 atom stereocenters. The quantitative estimate of drug-likeness (QED) is 0.178. The van der Waals surface area contributed by atoms with E-state index in [1.807, 2.05) is 71.6 Å². The predicted octanol–water partition coefficient (Wildman–Crippen LogP) is 9.15. The number of carbonyl (C=O) groups excluding carboxylic acids is 2. The molecule has 1 aliphatic carbocycles. The third-order valence-electron chi connectivity index (χ3n) is 8.31. The molecule has 0 aliphatic heterocycles. The van der Waals surface area contributed by atoms with E-state index in [-0.39, 0.29) is 23.8 Å². The summed E-state index contributed by atoms with van der Waals surface area (Å²) in [6.07, 6.45) is 6.61.